The van der Waals surface area contributed by atoms with E-state index >= 15 is 0 Å². The van der Waals surface area contributed by atoms with E-state index in [2.05, 4.69) is 88.5 Å². The van der Waals surface area contributed by atoms with Crippen molar-refractivity contribution in [3.63, 3.8) is 0 Å². The van der Waals surface area contributed by atoms with Gasteiger partial charge in [0.1, 0.15) is 5.54 Å². The lowest BCUT2D eigenvalue weighted by Gasteiger charge is -2.37. The first-order chi connectivity index (χ1) is 15.8. The number of hydrogen-bond donors (Lipinski definition) is 0. The third-order valence-corrected chi connectivity index (χ3v) is 5.79. The van der Waals surface area contributed by atoms with Gasteiger partial charge in [-0.3, -0.25) is 0 Å². The third-order valence-electron chi connectivity index (χ3n) is 5.79. The molecule has 4 heteroatoms. The molecule has 0 radical (unpaired) electrons. The largest absolute Gasteiger partial charge is 0.481 e. The van der Waals surface area contributed by atoms with Crippen molar-refractivity contribution >= 4 is 0 Å². The first-order valence-corrected chi connectivity index (χ1v) is 10.5. The molecule has 0 aliphatic heterocycles. The Hall–Kier alpha value is -4.18. The number of imidazole rings is 1. The smallest absolute Gasteiger partial charge is 0.212 e. The van der Waals surface area contributed by atoms with Crippen LogP contribution in [0.25, 0.3) is 11.3 Å². The van der Waals surface area contributed by atoms with Gasteiger partial charge < -0.3 is 9.30 Å². The molecular formula is C28H23N3O. The fourth-order valence-electron chi connectivity index (χ4n) is 4.29. The number of rotatable bonds is 6. The average molecular weight is 418 g/mol. The summed E-state index contributed by atoms with van der Waals surface area (Å²) in [5.41, 5.74) is 4.70. The minimum atomic E-state index is -0.574. The van der Waals surface area contributed by atoms with E-state index in [0.29, 0.717) is 5.88 Å². The topological polar surface area (TPSA) is 39.9 Å². The average Bonchev–Trinajstić information content (AvgIpc) is 3.37. The Bertz CT molecular complexity index is 1180. The fraction of sp³-hybridized carbons (Fsp3) is 0.0714. The Morgan fingerprint density at radius 3 is 1.62 bits per heavy atom. The van der Waals surface area contributed by atoms with E-state index in [4.69, 9.17) is 9.72 Å². The highest BCUT2D eigenvalue weighted by Crippen LogP contribution is 2.41. The van der Waals surface area contributed by atoms with E-state index in [1.807, 2.05) is 36.7 Å². The van der Waals surface area contributed by atoms with Crippen molar-refractivity contribution in [3.05, 3.63) is 139 Å². The second kappa shape index (κ2) is 8.52. The Kier molecular flexibility index (Phi) is 5.26. The summed E-state index contributed by atoms with van der Waals surface area (Å²) in [6.07, 6.45) is 5.80. The Morgan fingerprint density at radius 1 is 0.656 bits per heavy atom. The van der Waals surface area contributed by atoms with Crippen molar-refractivity contribution in [1.29, 1.82) is 0 Å². The van der Waals surface area contributed by atoms with Gasteiger partial charge in [0, 0.05) is 24.0 Å². The van der Waals surface area contributed by atoms with Crippen LogP contribution in [0.3, 0.4) is 0 Å². The third kappa shape index (κ3) is 3.36. The molecule has 2 aromatic heterocycles. The predicted molar refractivity (Wildman–Crippen MR) is 127 cm³/mol. The first-order valence-electron chi connectivity index (χ1n) is 10.5. The fourth-order valence-corrected chi connectivity index (χ4v) is 4.29. The Labute approximate surface area is 187 Å². The predicted octanol–water partition coefficient (Wildman–Crippen LogP) is 5.79. The zero-order valence-electron chi connectivity index (χ0n) is 17.8. The highest BCUT2D eigenvalue weighted by molar-refractivity contribution is 5.59. The summed E-state index contributed by atoms with van der Waals surface area (Å²) in [7, 11) is 1.62. The van der Waals surface area contributed by atoms with Crippen LogP contribution in [0.5, 0.6) is 5.88 Å². The Morgan fingerprint density at radius 2 is 1.19 bits per heavy atom. The van der Waals surface area contributed by atoms with E-state index in [9.17, 15) is 0 Å². The Balaban J connectivity index is 1.76. The molecule has 0 saturated carbocycles. The molecule has 3 aromatic carbocycles. The normalized spacial score (nSPS) is 11.3. The van der Waals surface area contributed by atoms with E-state index < -0.39 is 5.54 Å². The van der Waals surface area contributed by atoms with Gasteiger partial charge in [-0.15, -0.1) is 0 Å². The summed E-state index contributed by atoms with van der Waals surface area (Å²) < 4.78 is 7.40. The maximum atomic E-state index is 5.20. The number of pyridine rings is 1. The highest BCUT2D eigenvalue weighted by Gasteiger charge is 2.38. The van der Waals surface area contributed by atoms with Gasteiger partial charge in [-0.25, -0.2) is 9.97 Å². The molecule has 0 aliphatic rings. The van der Waals surface area contributed by atoms with Crippen LogP contribution in [0.2, 0.25) is 0 Å². The molecule has 0 bridgehead atoms. The van der Waals surface area contributed by atoms with E-state index in [1.54, 1.807) is 13.3 Å². The monoisotopic (exact) mass is 417 g/mol. The zero-order valence-corrected chi connectivity index (χ0v) is 17.8. The first kappa shape index (κ1) is 19.8. The molecule has 5 rings (SSSR count). The van der Waals surface area contributed by atoms with Gasteiger partial charge in [-0.1, -0.05) is 91.0 Å². The van der Waals surface area contributed by atoms with Gasteiger partial charge in [0.2, 0.25) is 5.88 Å². The standard InChI is InChI=1S/C28H23N3O/c1-32-27-18-17-22(19-29-27)26-20-31(21-30-26)28(23-11-5-2-6-12-23,24-13-7-3-8-14-24)25-15-9-4-10-16-25/h2-21H,1H3. The van der Waals surface area contributed by atoms with Crippen LogP contribution in [0.15, 0.2) is 122 Å². The molecule has 2 heterocycles. The molecule has 0 N–H and O–H groups in total. The van der Waals surface area contributed by atoms with Gasteiger partial charge in [0.25, 0.3) is 0 Å². The van der Waals surface area contributed by atoms with Crippen LogP contribution in [-0.2, 0) is 5.54 Å². The summed E-state index contributed by atoms with van der Waals surface area (Å²) in [6.45, 7) is 0. The van der Waals surface area contributed by atoms with Crippen molar-refractivity contribution in [1.82, 2.24) is 14.5 Å². The number of ether oxygens (including phenoxy) is 1. The summed E-state index contributed by atoms with van der Waals surface area (Å²) >= 11 is 0. The van der Waals surface area contributed by atoms with Crippen LogP contribution >= 0.6 is 0 Å². The van der Waals surface area contributed by atoms with Crippen LogP contribution < -0.4 is 4.74 Å². The molecule has 0 amide bonds. The second-order valence-electron chi connectivity index (χ2n) is 7.56. The molecular weight excluding hydrogens is 394 g/mol. The molecule has 156 valence electrons. The molecule has 0 aliphatic carbocycles. The molecule has 0 spiro atoms. The maximum absolute atomic E-state index is 5.20. The van der Waals surface area contributed by atoms with Crippen molar-refractivity contribution in [2.45, 2.75) is 5.54 Å². The SMILES string of the molecule is COc1ccc(-c2cn(C(c3ccccc3)(c3ccccc3)c3ccccc3)cn2)cn1. The minimum absolute atomic E-state index is 0.574. The second-order valence-corrected chi connectivity index (χ2v) is 7.56. The van der Waals surface area contributed by atoms with Gasteiger partial charge in [-0.2, -0.15) is 0 Å². The van der Waals surface area contributed by atoms with Crippen molar-refractivity contribution in [3.8, 4) is 17.1 Å². The lowest BCUT2D eigenvalue weighted by molar-refractivity contribution is 0.398. The lowest BCUT2D eigenvalue weighted by atomic mass is 9.77. The van der Waals surface area contributed by atoms with Gasteiger partial charge >= 0.3 is 0 Å². The molecule has 0 fully saturated rings. The van der Waals surface area contributed by atoms with E-state index in [1.165, 1.54) is 0 Å². The zero-order chi connectivity index (χ0) is 21.8. The molecule has 5 aromatic rings. The van der Waals surface area contributed by atoms with Crippen molar-refractivity contribution < 1.29 is 4.74 Å². The van der Waals surface area contributed by atoms with Crippen molar-refractivity contribution in [2.75, 3.05) is 7.11 Å². The van der Waals surface area contributed by atoms with Crippen LogP contribution in [0.1, 0.15) is 16.7 Å². The number of aromatic nitrogens is 3. The quantitative estimate of drug-likeness (QED) is 0.328. The van der Waals surface area contributed by atoms with Gasteiger partial charge in [0.15, 0.2) is 0 Å². The summed E-state index contributed by atoms with van der Waals surface area (Å²) in [4.78, 5) is 9.11. The molecule has 4 nitrogen and oxygen atoms in total. The number of nitrogens with zero attached hydrogens (tertiary/aromatic N) is 3. The van der Waals surface area contributed by atoms with Crippen LogP contribution in [0.4, 0.5) is 0 Å². The summed E-state index contributed by atoms with van der Waals surface area (Å²) in [5.74, 6) is 0.584. The molecule has 0 unspecified atom stereocenters. The molecule has 32 heavy (non-hydrogen) atoms. The summed E-state index contributed by atoms with van der Waals surface area (Å²) in [5, 5.41) is 0. The van der Waals surface area contributed by atoms with Crippen molar-refractivity contribution in [2.24, 2.45) is 0 Å². The number of methoxy groups -OCH3 is 1. The minimum Gasteiger partial charge on any atom is -0.481 e. The highest BCUT2D eigenvalue weighted by atomic mass is 16.5. The van der Waals surface area contributed by atoms with E-state index in [0.717, 1.165) is 27.9 Å². The van der Waals surface area contributed by atoms with Gasteiger partial charge in [0.05, 0.1) is 19.1 Å². The maximum Gasteiger partial charge on any atom is 0.212 e. The number of hydrogen-bond acceptors (Lipinski definition) is 3. The van der Waals surface area contributed by atoms with Crippen LogP contribution in [0, 0.1) is 0 Å². The summed E-state index contributed by atoms with van der Waals surface area (Å²) in [6, 6.07) is 35.5. The molecule has 0 saturated heterocycles. The van der Waals surface area contributed by atoms with Gasteiger partial charge in [-0.05, 0) is 22.8 Å². The lowest BCUT2D eigenvalue weighted by Crippen LogP contribution is -2.36. The van der Waals surface area contributed by atoms with E-state index in [-0.39, 0.29) is 0 Å². The van der Waals surface area contributed by atoms with Crippen LogP contribution in [-0.4, -0.2) is 21.6 Å². The molecule has 0 atom stereocenters. The number of benzene rings is 3.